The summed E-state index contributed by atoms with van der Waals surface area (Å²) < 4.78 is 10.7. The summed E-state index contributed by atoms with van der Waals surface area (Å²) >= 11 is 0. The predicted molar refractivity (Wildman–Crippen MR) is 88.3 cm³/mol. The van der Waals surface area contributed by atoms with Crippen LogP contribution in [0.5, 0.6) is 5.75 Å². The van der Waals surface area contributed by atoms with Crippen molar-refractivity contribution >= 4 is 11.6 Å². The first-order valence-corrected chi connectivity index (χ1v) is 7.35. The Labute approximate surface area is 127 Å². The van der Waals surface area contributed by atoms with E-state index in [1.165, 1.54) is 0 Å². The molecule has 0 atom stereocenters. The van der Waals surface area contributed by atoms with Gasteiger partial charge in [-0.1, -0.05) is 19.9 Å². The summed E-state index contributed by atoms with van der Waals surface area (Å²) in [4.78, 5) is 4.21. The third kappa shape index (κ3) is 7.56. The van der Waals surface area contributed by atoms with Gasteiger partial charge in [0.05, 0.1) is 6.61 Å². The zero-order valence-electron chi connectivity index (χ0n) is 13.5. The van der Waals surface area contributed by atoms with E-state index in [9.17, 15) is 0 Å². The van der Waals surface area contributed by atoms with E-state index < -0.39 is 0 Å². The standard InChI is InChI=1S/C16H27N3O2/c1-13(2)12-18-16(17-3)19-14-7-5-8-15(11-14)21-10-6-9-20-4/h5,7-8,11,13H,6,9-10,12H2,1-4H3,(H2,17,18,19). The second-order valence-corrected chi connectivity index (χ2v) is 5.19. The summed E-state index contributed by atoms with van der Waals surface area (Å²) in [6.45, 7) is 6.57. The lowest BCUT2D eigenvalue weighted by Gasteiger charge is -2.14. The smallest absolute Gasteiger partial charge is 0.195 e. The quantitative estimate of drug-likeness (QED) is 0.439. The van der Waals surface area contributed by atoms with Crippen molar-refractivity contribution < 1.29 is 9.47 Å². The van der Waals surface area contributed by atoms with Crippen LogP contribution >= 0.6 is 0 Å². The molecule has 1 aromatic rings. The first kappa shape index (κ1) is 17.3. The van der Waals surface area contributed by atoms with Gasteiger partial charge in [0.1, 0.15) is 5.75 Å². The minimum Gasteiger partial charge on any atom is -0.493 e. The first-order valence-electron chi connectivity index (χ1n) is 7.35. The molecule has 0 heterocycles. The van der Waals surface area contributed by atoms with Crippen LogP contribution < -0.4 is 15.4 Å². The van der Waals surface area contributed by atoms with E-state index in [2.05, 4.69) is 29.5 Å². The molecule has 0 fully saturated rings. The summed E-state index contributed by atoms with van der Waals surface area (Å²) in [5.41, 5.74) is 0.955. The molecule has 0 aliphatic carbocycles. The summed E-state index contributed by atoms with van der Waals surface area (Å²) in [5, 5.41) is 6.54. The molecule has 21 heavy (non-hydrogen) atoms. The van der Waals surface area contributed by atoms with Gasteiger partial charge >= 0.3 is 0 Å². The van der Waals surface area contributed by atoms with E-state index in [0.717, 1.165) is 30.4 Å². The maximum Gasteiger partial charge on any atom is 0.195 e. The Balaban J connectivity index is 2.50. The highest BCUT2D eigenvalue weighted by Gasteiger charge is 2.02. The van der Waals surface area contributed by atoms with Gasteiger partial charge in [-0.3, -0.25) is 4.99 Å². The number of ether oxygens (including phenoxy) is 2. The second-order valence-electron chi connectivity index (χ2n) is 5.19. The number of guanidine groups is 1. The first-order chi connectivity index (χ1) is 10.2. The average Bonchev–Trinajstić information content (AvgIpc) is 2.48. The van der Waals surface area contributed by atoms with Gasteiger partial charge in [0.25, 0.3) is 0 Å². The zero-order valence-corrected chi connectivity index (χ0v) is 13.5. The molecule has 0 bridgehead atoms. The minimum atomic E-state index is 0.569. The van der Waals surface area contributed by atoms with Crippen LogP contribution in [0.2, 0.25) is 0 Å². The molecule has 0 amide bonds. The van der Waals surface area contributed by atoms with Crippen LogP contribution in [0.1, 0.15) is 20.3 Å². The molecule has 118 valence electrons. The fourth-order valence-electron chi connectivity index (χ4n) is 1.67. The molecule has 1 aromatic carbocycles. The van der Waals surface area contributed by atoms with Crippen LogP contribution in [0.4, 0.5) is 5.69 Å². The number of aliphatic imine (C=N–C) groups is 1. The van der Waals surface area contributed by atoms with Crippen molar-refractivity contribution in [1.29, 1.82) is 0 Å². The molecule has 0 aromatic heterocycles. The molecular weight excluding hydrogens is 266 g/mol. The molecule has 0 saturated carbocycles. The average molecular weight is 293 g/mol. The van der Waals surface area contributed by atoms with Crippen molar-refractivity contribution in [3.8, 4) is 5.75 Å². The van der Waals surface area contributed by atoms with Gasteiger partial charge in [-0.2, -0.15) is 0 Å². The number of methoxy groups -OCH3 is 1. The van der Waals surface area contributed by atoms with E-state index in [1.54, 1.807) is 14.2 Å². The lowest BCUT2D eigenvalue weighted by atomic mass is 10.2. The van der Waals surface area contributed by atoms with Gasteiger partial charge in [0.2, 0.25) is 0 Å². The Morgan fingerprint density at radius 1 is 1.29 bits per heavy atom. The van der Waals surface area contributed by atoms with Gasteiger partial charge < -0.3 is 20.1 Å². The highest BCUT2D eigenvalue weighted by Crippen LogP contribution is 2.17. The number of benzene rings is 1. The highest BCUT2D eigenvalue weighted by atomic mass is 16.5. The number of nitrogens with one attached hydrogen (secondary N) is 2. The van der Waals surface area contributed by atoms with E-state index in [-0.39, 0.29) is 0 Å². The van der Waals surface area contributed by atoms with Crippen LogP contribution in [0.3, 0.4) is 0 Å². The Morgan fingerprint density at radius 2 is 2.10 bits per heavy atom. The van der Waals surface area contributed by atoms with Crippen molar-refractivity contribution in [2.75, 3.05) is 39.2 Å². The molecule has 0 spiro atoms. The predicted octanol–water partition coefficient (Wildman–Crippen LogP) is 2.75. The van der Waals surface area contributed by atoms with Crippen LogP contribution in [0.15, 0.2) is 29.3 Å². The van der Waals surface area contributed by atoms with Gasteiger partial charge in [-0.25, -0.2) is 0 Å². The van der Waals surface area contributed by atoms with E-state index in [4.69, 9.17) is 9.47 Å². The molecule has 0 saturated heterocycles. The Morgan fingerprint density at radius 3 is 2.76 bits per heavy atom. The number of anilines is 1. The third-order valence-electron chi connectivity index (χ3n) is 2.76. The molecule has 0 unspecified atom stereocenters. The minimum absolute atomic E-state index is 0.569. The summed E-state index contributed by atoms with van der Waals surface area (Å²) in [6, 6.07) is 7.87. The van der Waals surface area contributed by atoms with Gasteiger partial charge in [-0.05, 0) is 18.1 Å². The van der Waals surface area contributed by atoms with Gasteiger partial charge in [0, 0.05) is 45.5 Å². The Bertz CT molecular complexity index is 433. The van der Waals surface area contributed by atoms with Gasteiger partial charge in [-0.15, -0.1) is 0 Å². The van der Waals surface area contributed by atoms with E-state index in [1.807, 2.05) is 24.3 Å². The second kappa shape index (κ2) is 10.0. The summed E-state index contributed by atoms with van der Waals surface area (Å²) in [7, 11) is 3.46. The van der Waals surface area contributed by atoms with Crippen molar-refractivity contribution in [3.63, 3.8) is 0 Å². The van der Waals surface area contributed by atoms with Gasteiger partial charge in [0.15, 0.2) is 5.96 Å². The Kier molecular flexibility index (Phi) is 8.28. The largest absolute Gasteiger partial charge is 0.493 e. The molecule has 5 heteroatoms. The highest BCUT2D eigenvalue weighted by molar-refractivity contribution is 5.93. The SMILES string of the molecule is CN=C(NCC(C)C)Nc1cccc(OCCCOC)c1. The van der Waals surface area contributed by atoms with E-state index in [0.29, 0.717) is 19.1 Å². The van der Waals surface area contributed by atoms with Crippen LogP contribution in [-0.2, 0) is 4.74 Å². The number of hydrogen-bond donors (Lipinski definition) is 2. The monoisotopic (exact) mass is 293 g/mol. The normalized spacial score (nSPS) is 11.6. The molecule has 5 nitrogen and oxygen atoms in total. The summed E-state index contributed by atoms with van der Waals surface area (Å²) in [5.74, 6) is 2.18. The van der Waals surface area contributed by atoms with Crippen LogP contribution in [-0.4, -0.2) is 39.9 Å². The van der Waals surface area contributed by atoms with E-state index >= 15 is 0 Å². The van der Waals surface area contributed by atoms with Crippen molar-refractivity contribution in [2.24, 2.45) is 10.9 Å². The number of hydrogen-bond acceptors (Lipinski definition) is 3. The lowest BCUT2D eigenvalue weighted by Crippen LogP contribution is -2.33. The molecule has 1 rings (SSSR count). The maximum absolute atomic E-state index is 5.68. The maximum atomic E-state index is 5.68. The molecule has 2 N–H and O–H groups in total. The van der Waals surface area contributed by atoms with Crippen molar-refractivity contribution in [2.45, 2.75) is 20.3 Å². The van der Waals surface area contributed by atoms with Crippen LogP contribution in [0.25, 0.3) is 0 Å². The number of rotatable bonds is 8. The molecule has 0 aliphatic rings. The Hall–Kier alpha value is -1.75. The molecule has 0 radical (unpaired) electrons. The molecule has 0 aliphatic heterocycles. The lowest BCUT2D eigenvalue weighted by molar-refractivity contribution is 0.172. The van der Waals surface area contributed by atoms with Crippen LogP contribution in [0, 0.1) is 5.92 Å². The number of nitrogens with zero attached hydrogens (tertiary/aromatic N) is 1. The fraction of sp³-hybridized carbons (Fsp3) is 0.562. The fourth-order valence-corrected chi connectivity index (χ4v) is 1.67. The molecular formula is C16H27N3O2. The zero-order chi connectivity index (χ0) is 15.5. The summed E-state index contributed by atoms with van der Waals surface area (Å²) in [6.07, 6.45) is 0.881. The topological polar surface area (TPSA) is 54.9 Å². The van der Waals surface area contributed by atoms with Crippen molar-refractivity contribution in [1.82, 2.24) is 5.32 Å². The van der Waals surface area contributed by atoms with Crippen molar-refractivity contribution in [3.05, 3.63) is 24.3 Å². The third-order valence-corrected chi connectivity index (χ3v) is 2.76.